The van der Waals surface area contributed by atoms with Crippen LogP contribution in [0.4, 0.5) is 9.80 Å². The molecule has 1 aromatic carbocycles. The van der Waals surface area contributed by atoms with Crippen molar-refractivity contribution in [1.82, 2.24) is 10.3 Å². The molecule has 0 radical (unpaired) electrons. The van der Waals surface area contributed by atoms with Crippen molar-refractivity contribution in [1.29, 1.82) is 0 Å². The third kappa shape index (κ3) is 10.1. The fraction of sp³-hybridized carbons (Fsp3) is 0.542. The lowest BCUT2D eigenvalue weighted by molar-refractivity contribution is 0.1000. The maximum atomic E-state index is 11.9. The number of anilines is 1. The maximum absolute atomic E-state index is 11.9. The number of hydrogen-bond donors (Lipinski definition) is 4. The number of aliphatic hydroxyl groups excluding tert-OH is 1. The third-order valence-electron chi connectivity index (χ3n) is 5.64. The quantitative estimate of drug-likeness (QED) is 0.270. The summed E-state index contributed by atoms with van der Waals surface area (Å²) >= 11 is 1.17. The summed E-state index contributed by atoms with van der Waals surface area (Å²) in [5.41, 5.74) is 5.62. The zero-order valence-corrected chi connectivity index (χ0v) is 20.6. The summed E-state index contributed by atoms with van der Waals surface area (Å²) in [4.78, 5) is 27.1. The minimum atomic E-state index is -0.741. The van der Waals surface area contributed by atoms with E-state index in [2.05, 4.69) is 15.6 Å². The second kappa shape index (κ2) is 14.5. The van der Waals surface area contributed by atoms with Crippen molar-refractivity contribution < 1.29 is 28.9 Å². The number of rotatable bonds is 15. The van der Waals surface area contributed by atoms with Crippen LogP contribution >= 0.6 is 11.3 Å². The smallest absolute Gasteiger partial charge is 0.412 e. The molecule has 0 spiro atoms. The van der Waals surface area contributed by atoms with Gasteiger partial charge < -0.3 is 30.4 Å². The monoisotopic (exact) mass is 506 g/mol. The first-order chi connectivity index (χ1) is 17.0. The van der Waals surface area contributed by atoms with Gasteiger partial charge in [-0.05, 0) is 43.0 Å². The van der Waals surface area contributed by atoms with Crippen LogP contribution in [0.1, 0.15) is 48.9 Å². The Labute approximate surface area is 209 Å². The minimum Gasteiger partial charge on any atom is -0.492 e. The Hall–Kier alpha value is -2.89. The molecule has 11 heteroatoms. The lowest BCUT2D eigenvalue weighted by Crippen LogP contribution is -2.33. The molecular formula is C24H34N4O6S. The molecule has 1 aliphatic carbocycles. The van der Waals surface area contributed by atoms with Gasteiger partial charge in [0, 0.05) is 18.7 Å². The van der Waals surface area contributed by atoms with Gasteiger partial charge in [-0.25, -0.2) is 9.78 Å². The number of nitrogens with one attached hydrogen (secondary N) is 2. The average Bonchev–Trinajstić information content (AvgIpc) is 3.53. The van der Waals surface area contributed by atoms with E-state index in [0.29, 0.717) is 47.8 Å². The predicted molar refractivity (Wildman–Crippen MR) is 133 cm³/mol. The van der Waals surface area contributed by atoms with Crippen LogP contribution < -0.4 is 25.8 Å². The Kier molecular flexibility index (Phi) is 11.1. The van der Waals surface area contributed by atoms with Crippen molar-refractivity contribution in [2.24, 2.45) is 11.7 Å². The van der Waals surface area contributed by atoms with Crippen molar-refractivity contribution >= 4 is 28.3 Å². The number of nitrogens with zero attached hydrogens (tertiary/aromatic N) is 1. The van der Waals surface area contributed by atoms with Gasteiger partial charge in [0.1, 0.15) is 30.1 Å². The molecule has 1 atom stereocenters. The standard InChI is InChI=1S/C24H34N4O6S/c25-22(30)18-7-9-20(10-8-18)32-13-11-26-14-19(29)16-34-24-27-15-21(35-24)28-23(31)33-12-3-6-17-4-1-2-5-17/h7-10,15,17,19,26,29H,1-6,11-14,16H2,(H2,25,30)(H,28,31). The molecule has 2 amide bonds. The van der Waals surface area contributed by atoms with Crippen LogP contribution in [0.3, 0.4) is 0 Å². The Bertz CT molecular complexity index is 917. The molecule has 192 valence electrons. The van der Waals surface area contributed by atoms with E-state index < -0.39 is 18.1 Å². The zero-order valence-electron chi connectivity index (χ0n) is 19.7. The van der Waals surface area contributed by atoms with Gasteiger partial charge in [-0.15, -0.1) is 0 Å². The first kappa shape index (κ1) is 26.7. The van der Waals surface area contributed by atoms with Crippen molar-refractivity contribution in [3.8, 4) is 10.9 Å². The molecule has 0 aliphatic heterocycles. The van der Waals surface area contributed by atoms with Crippen molar-refractivity contribution in [3.05, 3.63) is 36.0 Å². The highest BCUT2D eigenvalue weighted by molar-refractivity contribution is 7.17. The lowest BCUT2D eigenvalue weighted by atomic mass is 10.0. The number of amides is 2. The summed E-state index contributed by atoms with van der Waals surface area (Å²) in [6.07, 6.45) is 7.49. The SMILES string of the molecule is NC(=O)c1ccc(OCCNCC(O)COc2ncc(NC(=O)OCCCC3CCCC3)s2)cc1. The van der Waals surface area contributed by atoms with Gasteiger partial charge in [-0.3, -0.25) is 10.1 Å². The highest BCUT2D eigenvalue weighted by atomic mass is 32.1. The second-order valence-electron chi connectivity index (χ2n) is 8.45. The van der Waals surface area contributed by atoms with Gasteiger partial charge in [-0.2, -0.15) is 0 Å². The van der Waals surface area contributed by atoms with Gasteiger partial charge in [0.25, 0.3) is 5.19 Å². The van der Waals surface area contributed by atoms with Crippen LogP contribution in [0.2, 0.25) is 0 Å². The van der Waals surface area contributed by atoms with E-state index in [1.165, 1.54) is 43.2 Å². The topological polar surface area (TPSA) is 145 Å². The number of hydrogen-bond acceptors (Lipinski definition) is 9. The molecule has 10 nitrogen and oxygen atoms in total. The maximum Gasteiger partial charge on any atom is 0.412 e. The largest absolute Gasteiger partial charge is 0.492 e. The van der Waals surface area contributed by atoms with E-state index in [1.807, 2.05) is 0 Å². The van der Waals surface area contributed by atoms with E-state index in [9.17, 15) is 14.7 Å². The van der Waals surface area contributed by atoms with Crippen LogP contribution in [0, 0.1) is 5.92 Å². The Morgan fingerprint density at radius 1 is 1.17 bits per heavy atom. The van der Waals surface area contributed by atoms with E-state index >= 15 is 0 Å². The number of carbonyl (C=O) groups is 2. The summed E-state index contributed by atoms with van der Waals surface area (Å²) in [6.45, 7) is 1.69. The molecule has 1 aromatic heterocycles. The number of nitrogens with two attached hydrogens (primary N) is 1. The molecule has 1 heterocycles. The molecule has 35 heavy (non-hydrogen) atoms. The van der Waals surface area contributed by atoms with Crippen LogP contribution in [0.5, 0.6) is 10.9 Å². The number of aromatic nitrogens is 1. The summed E-state index contributed by atoms with van der Waals surface area (Å²) in [5.74, 6) is 0.930. The molecule has 1 unspecified atom stereocenters. The number of benzene rings is 1. The van der Waals surface area contributed by atoms with Crippen LogP contribution in [-0.2, 0) is 4.74 Å². The summed E-state index contributed by atoms with van der Waals surface area (Å²) < 4.78 is 16.3. The predicted octanol–water partition coefficient (Wildman–Crippen LogP) is 3.17. The van der Waals surface area contributed by atoms with Crippen LogP contribution in [0.15, 0.2) is 30.5 Å². The van der Waals surface area contributed by atoms with E-state index in [0.717, 1.165) is 18.8 Å². The highest BCUT2D eigenvalue weighted by Gasteiger charge is 2.15. The van der Waals surface area contributed by atoms with Crippen LogP contribution in [-0.4, -0.2) is 61.1 Å². The van der Waals surface area contributed by atoms with E-state index in [4.69, 9.17) is 19.9 Å². The van der Waals surface area contributed by atoms with Gasteiger partial charge in [0.15, 0.2) is 0 Å². The third-order valence-corrected chi connectivity index (χ3v) is 6.47. The van der Waals surface area contributed by atoms with Crippen molar-refractivity contribution in [2.45, 2.75) is 44.6 Å². The molecule has 3 rings (SSSR count). The summed E-state index contributed by atoms with van der Waals surface area (Å²) in [7, 11) is 0. The fourth-order valence-electron chi connectivity index (χ4n) is 3.81. The first-order valence-corrected chi connectivity index (χ1v) is 12.7. The second-order valence-corrected chi connectivity index (χ2v) is 9.44. The molecule has 1 fully saturated rings. The van der Waals surface area contributed by atoms with Gasteiger partial charge in [0.2, 0.25) is 5.91 Å². The van der Waals surface area contributed by atoms with Gasteiger partial charge >= 0.3 is 6.09 Å². The molecule has 2 aromatic rings. The highest BCUT2D eigenvalue weighted by Crippen LogP contribution is 2.28. The number of carbonyl (C=O) groups excluding carboxylic acids is 2. The normalized spacial score (nSPS) is 14.4. The van der Waals surface area contributed by atoms with Gasteiger partial charge in [0.05, 0.1) is 12.8 Å². The molecule has 0 bridgehead atoms. The van der Waals surface area contributed by atoms with E-state index in [1.54, 1.807) is 24.3 Å². The molecule has 1 saturated carbocycles. The van der Waals surface area contributed by atoms with Crippen molar-refractivity contribution in [2.75, 3.05) is 38.2 Å². The molecule has 0 saturated heterocycles. The molecular weight excluding hydrogens is 472 g/mol. The first-order valence-electron chi connectivity index (χ1n) is 11.9. The number of thiazole rings is 1. The average molecular weight is 507 g/mol. The fourth-order valence-corrected chi connectivity index (χ4v) is 4.47. The number of ether oxygens (including phenoxy) is 3. The Morgan fingerprint density at radius 3 is 2.69 bits per heavy atom. The number of primary amides is 1. The van der Waals surface area contributed by atoms with Crippen molar-refractivity contribution in [3.63, 3.8) is 0 Å². The van der Waals surface area contributed by atoms with Gasteiger partial charge in [-0.1, -0.05) is 37.0 Å². The minimum absolute atomic E-state index is 0.0566. The molecule has 5 N–H and O–H groups in total. The Morgan fingerprint density at radius 2 is 1.94 bits per heavy atom. The zero-order chi connectivity index (χ0) is 24.9. The number of aliphatic hydroxyl groups is 1. The lowest BCUT2D eigenvalue weighted by Gasteiger charge is -2.12. The van der Waals surface area contributed by atoms with Crippen LogP contribution in [0.25, 0.3) is 0 Å². The summed E-state index contributed by atoms with van der Waals surface area (Å²) in [5, 5.41) is 16.7. The van der Waals surface area contributed by atoms with E-state index in [-0.39, 0.29) is 6.61 Å². The molecule has 1 aliphatic rings. The summed E-state index contributed by atoms with van der Waals surface area (Å²) in [6, 6.07) is 6.56. The Balaban J connectivity index is 1.22.